The summed E-state index contributed by atoms with van der Waals surface area (Å²) < 4.78 is 2.04. The lowest BCUT2D eigenvalue weighted by Crippen LogP contribution is -2.43. The number of carbonyl (C=O) groups excluding carboxylic acids is 1. The van der Waals surface area contributed by atoms with Gasteiger partial charge in [0.25, 0.3) is 0 Å². The number of hydrogen-bond acceptors (Lipinski definition) is 4. The largest absolute Gasteiger partial charge is 0.341 e. The van der Waals surface area contributed by atoms with Crippen molar-refractivity contribution in [3.8, 4) is 11.4 Å². The van der Waals surface area contributed by atoms with Gasteiger partial charge < -0.3 is 4.90 Å². The minimum atomic E-state index is 0.109. The van der Waals surface area contributed by atoms with E-state index in [1.165, 1.54) is 23.7 Å². The molecule has 1 aliphatic heterocycles. The minimum absolute atomic E-state index is 0.109. The Hall–Kier alpha value is -2.08. The van der Waals surface area contributed by atoms with Crippen LogP contribution in [0, 0.1) is 11.8 Å². The molecule has 6 heteroatoms. The predicted octanol–water partition coefficient (Wildman–Crippen LogP) is 5.03. The van der Waals surface area contributed by atoms with E-state index in [0.29, 0.717) is 24.1 Å². The van der Waals surface area contributed by atoms with Crippen LogP contribution in [-0.4, -0.2) is 44.4 Å². The smallest absolute Gasteiger partial charge is 0.233 e. The van der Waals surface area contributed by atoms with Gasteiger partial charge in [-0.1, -0.05) is 76.7 Å². The third kappa shape index (κ3) is 5.34. The number of piperidine rings is 1. The van der Waals surface area contributed by atoms with Gasteiger partial charge in [0.2, 0.25) is 5.91 Å². The minimum Gasteiger partial charge on any atom is -0.341 e. The molecule has 0 aliphatic carbocycles. The second-order valence-electron chi connectivity index (χ2n) is 9.57. The van der Waals surface area contributed by atoms with Crippen LogP contribution in [0.25, 0.3) is 11.4 Å². The van der Waals surface area contributed by atoms with Crippen LogP contribution in [0.15, 0.2) is 42.1 Å². The van der Waals surface area contributed by atoms with Crippen molar-refractivity contribution in [2.45, 2.75) is 58.2 Å². The highest BCUT2D eigenvalue weighted by molar-refractivity contribution is 7.99. The quantitative estimate of drug-likeness (QED) is 0.480. The van der Waals surface area contributed by atoms with E-state index in [4.69, 9.17) is 0 Å². The van der Waals surface area contributed by atoms with E-state index in [-0.39, 0.29) is 11.3 Å². The van der Waals surface area contributed by atoms with Gasteiger partial charge in [0.1, 0.15) is 0 Å². The fraction of sp³-hybridized carbons (Fsp3) is 0.542. The summed E-state index contributed by atoms with van der Waals surface area (Å²) in [5, 5.41) is 9.58. The standard InChI is InChI=1S/C24H34N4OS/c1-7-12-28-22(19-8-10-20(11-9-19)24(4,5)6)25-26-23(28)30-16-21(29)27-14-17(2)13-18(3)15-27/h7-11,17-18H,1,12-16H2,2-6H3/t17-,18+. The normalized spacial score (nSPS) is 19.7. The lowest BCUT2D eigenvalue weighted by molar-refractivity contribution is -0.130. The molecule has 2 aromatic rings. The molecule has 2 atom stereocenters. The molecule has 30 heavy (non-hydrogen) atoms. The van der Waals surface area contributed by atoms with E-state index in [9.17, 15) is 4.79 Å². The summed E-state index contributed by atoms with van der Waals surface area (Å²) in [6.45, 7) is 17.3. The molecule has 1 amide bonds. The van der Waals surface area contributed by atoms with Crippen molar-refractivity contribution in [2.24, 2.45) is 11.8 Å². The van der Waals surface area contributed by atoms with Gasteiger partial charge in [-0.05, 0) is 29.2 Å². The van der Waals surface area contributed by atoms with Gasteiger partial charge in [-0.3, -0.25) is 9.36 Å². The molecule has 0 bridgehead atoms. The lowest BCUT2D eigenvalue weighted by atomic mass is 9.87. The van der Waals surface area contributed by atoms with Crippen molar-refractivity contribution in [3.63, 3.8) is 0 Å². The Morgan fingerprint density at radius 3 is 2.37 bits per heavy atom. The Kier molecular flexibility index (Phi) is 7.06. The zero-order valence-electron chi connectivity index (χ0n) is 18.9. The maximum atomic E-state index is 12.8. The maximum absolute atomic E-state index is 12.8. The molecule has 0 N–H and O–H groups in total. The Morgan fingerprint density at radius 1 is 1.17 bits per heavy atom. The number of benzene rings is 1. The highest BCUT2D eigenvalue weighted by atomic mass is 32.2. The molecule has 0 radical (unpaired) electrons. The van der Waals surface area contributed by atoms with Crippen LogP contribution in [0.5, 0.6) is 0 Å². The average Bonchev–Trinajstić information content (AvgIpc) is 3.07. The van der Waals surface area contributed by atoms with Crippen molar-refractivity contribution in [1.29, 1.82) is 0 Å². The molecule has 1 aromatic carbocycles. The Balaban J connectivity index is 1.74. The van der Waals surface area contributed by atoms with Crippen LogP contribution in [0.3, 0.4) is 0 Å². The monoisotopic (exact) mass is 426 g/mol. The van der Waals surface area contributed by atoms with Crippen LogP contribution in [0.2, 0.25) is 0 Å². The van der Waals surface area contributed by atoms with Gasteiger partial charge in [0.05, 0.1) is 5.75 Å². The molecule has 3 rings (SSSR count). The summed E-state index contributed by atoms with van der Waals surface area (Å²) in [5.41, 5.74) is 2.42. The van der Waals surface area contributed by atoms with E-state index in [1.807, 2.05) is 15.5 Å². The van der Waals surface area contributed by atoms with Crippen molar-refractivity contribution < 1.29 is 4.79 Å². The maximum Gasteiger partial charge on any atom is 0.233 e. The first-order chi connectivity index (χ1) is 14.2. The Labute approximate surface area is 185 Å². The first-order valence-electron chi connectivity index (χ1n) is 10.7. The van der Waals surface area contributed by atoms with Crippen molar-refractivity contribution in [1.82, 2.24) is 19.7 Å². The van der Waals surface area contributed by atoms with E-state index in [0.717, 1.165) is 29.6 Å². The van der Waals surface area contributed by atoms with Crippen LogP contribution >= 0.6 is 11.8 Å². The lowest BCUT2D eigenvalue weighted by Gasteiger charge is -2.34. The van der Waals surface area contributed by atoms with Gasteiger partial charge in [-0.25, -0.2) is 0 Å². The number of nitrogens with zero attached hydrogens (tertiary/aromatic N) is 4. The molecule has 2 heterocycles. The second-order valence-corrected chi connectivity index (χ2v) is 10.5. The molecule has 0 saturated carbocycles. The van der Waals surface area contributed by atoms with Crippen molar-refractivity contribution in [2.75, 3.05) is 18.8 Å². The van der Waals surface area contributed by atoms with E-state index in [2.05, 4.69) is 75.7 Å². The number of carbonyl (C=O) groups is 1. The van der Waals surface area contributed by atoms with Crippen LogP contribution < -0.4 is 0 Å². The SMILES string of the molecule is C=CCn1c(SCC(=O)N2C[C@H](C)C[C@H](C)C2)nnc1-c1ccc(C(C)(C)C)cc1. The zero-order valence-corrected chi connectivity index (χ0v) is 19.7. The number of allylic oxidation sites excluding steroid dienone is 1. The molecule has 0 spiro atoms. The Bertz CT molecular complexity index is 872. The first-order valence-corrected chi connectivity index (χ1v) is 11.7. The van der Waals surface area contributed by atoms with E-state index in [1.54, 1.807) is 0 Å². The van der Waals surface area contributed by atoms with Crippen molar-refractivity contribution >= 4 is 17.7 Å². The average molecular weight is 427 g/mol. The molecule has 5 nitrogen and oxygen atoms in total. The van der Waals surface area contributed by atoms with Gasteiger partial charge in [-0.2, -0.15) is 0 Å². The van der Waals surface area contributed by atoms with Crippen molar-refractivity contribution in [3.05, 3.63) is 42.5 Å². The van der Waals surface area contributed by atoms with E-state index < -0.39 is 0 Å². The summed E-state index contributed by atoms with van der Waals surface area (Å²) in [6.07, 6.45) is 3.04. The second kappa shape index (κ2) is 9.38. The number of aromatic nitrogens is 3. The summed E-state index contributed by atoms with van der Waals surface area (Å²) in [4.78, 5) is 14.8. The molecule has 1 aromatic heterocycles. The predicted molar refractivity (Wildman–Crippen MR) is 125 cm³/mol. The number of hydrogen-bond donors (Lipinski definition) is 0. The zero-order chi connectivity index (χ0) is 21.9. The first kappa shape index (κ1) is 22.6. The number of thioether (sulfide) groups is 1. The molecule has 0 unspecified atom stereocenters. The molecule has 1 saturated heterocycles. The molecule has 162 valence electrons. The van der Waals surface area contributed by atoms with Crippen LogP contribution in [0.4, 0.5) is 0 Å². The third-order valence-corrected chi connectivity index (χ3v) is 6.54. The molecule has 1 aliphatic rings. The highest BCUT2D eigenvalue weighted by Crippen LogP contribution is 2.28. The fourth-order valence-electron chi connectivity index (χ4n) is 4.11. The summed E-state index contributed by atoms with van der Waals surface area (Å²) in [7, 11) is 0. The van der Waals surface area contributed by atoms with E-state index >= 15 is 0 Å². The van der Waals surface area contributed by atoms with Gasteiger partial charge in [0.15, 0.2) is 11.0 Å². The Morgan fingerprint density at radius 2 is 1.80 bits per heavy atom. The molecular formula is C24H34N4OS. The molecule has 1 fully saturated rings. The van der Waals surface area contributed by atoms with Gasteiger partial charge in [0, 0.05) is 25.2 Å². The fourth-order valence-corrected chi connectivity index (χ4v) is 4.96. The van der Waals surface area contributed by atoms with Gasteiger partial charge >= 0.3 is 0 Å². The van der Waals surface area contributed by atoms with Crippen LogP contribution in [-0.2, 0) is 16.8 Å². The van der Waals surface area contributed by atoms with Crippen LogP contribution in [0.1, 0.15) is 46.6 Å². The third-order valence-electron chi connectivity index (χ3n) is 5.58. The topological polar surface area (TPSA) is 51.0 Å². The number of likely N-dealkylation sites (tertiary alicyclic amines) is 1. The number of rotatable bonds is 6. The highest BCUT2D eigenvalue weighted by Gasteiger charge is 2.26. The summed E-state index contributed by atoms with van der Waals surface area (Å²) >= 11 is 1.46. The summed E-state index contributed by atoms with van der Waals surface area (Å²) in [6, 6.07) is 8.50. The van der Waals surface area contributed by atoms with Gasteiger partial charge in [-0.15, -0.1) is 16.8 Å². The summed E-state index contributed by atoms with van der Waals surface area (Å²) in [5.74, 6) is 2.51. The number of amides is 1. The molecular weight excluding hydrogens is 392 g/mol.